The predicted octanol–water partition coefficient (Wildman–Crippen LogP) is 3.95. The van der Waals surface area contributed by atoms with Crippen LogP contribution in [-0.2, 0) is 11.3 Å². The number of hydrogen-bond donors (Lipinski definition) is 1. The van der Waals surface area contributed by atoms with E-state index in [-0.39, 0.29) is 0 Å². The normalized spacial score (nSPS) is 20.8. The quantitative estimate of drug-likeness (QED) is 0.660. The van der Waals surface area contributed by atoms with Crippen molar-refractivity contribution >= 4 is 34.8 Å². The topological polar surface area (TPSA) is 68.1 Å². The molecule has 9 heteroatoms. The smallest absolute Gasteiger partial charge is 0.248 e. The zero-order chi connectivity index (χ0) is 19.8. The van der Waals surface area contributed by atoms with Crippen molar-refractivity contribution in [3.8, 4) is 5.69 Å². The molecule has 2 aliphatic rings. The van der Waals surface area contributed by atoms with E-state index in [9.17, 15) is 0 Å². The Kier molecular flexibility index (Phi) is 5.03. The largest absolute Gasteiger partial charge is 0.371 e. The summed E-state index contributed by atoms with van der Waals surface area (Å²) in [5.74, 6) is 0.506. The van der Waals surface area contributed by atoms with Gasteiger partial charge in [-0.15, -0.1) is 0 Å². The highest BCUT2D eigenvalue weighted by Gasteiger charge is 2.34. The molecule has 2 aromatic carbocycles. The first-order chi connectivity index (χ1) is 14.2. The number of ether oxygens (including phenoxy) is 1. The van der Waals surface area contributed by atoms with Gasteiger partial charge in [0.1, 0.15) is 0 Å². The third kappa shape index (κ3) is 3.66. The molecular formula is C20H20Cl2N6O. The third-order valence-corrected chi connectivity index (χ3v) is 6.25. The van der Waals surface area contributed by atoms with E-state index in [1.807, 2.05) is 18.2 Å². The molecule has 3 heterocycles. The van der Waals surface area contributed by atoms with Gasteiger partial charge in [0.2, 0.25) is 5.95 Å². The van der Waals surface area contributed by atoms with Gasteiger partial charge in [0, 0.05) is 25.3 Å². The Morgan fingerprint density at radius 3 is 2.59 bits per heavy atom. The van der Waals surface area contributed by atoms with E-state index in [0.29, 0.717) is 40.4 Å². The van der Waals surface area contributed by atoms with Gasteiger partial charge in [0.05, 0.1) is 27.9 Å². The first kappa shape index (κ1) is 18.7. The molecule has 0 amide bonds. The molecule has 2 aliphatic heterocycles. The molecule has 0 saturated carbocycles. The van der Waals surface area contributed by atoms with Gasteiger partial charge >= 0.3 is 0 Å². The zero-order valence-corrected chi connectivity index (χ0v) is 17.1. The second-order valence-corrected chi connectivity index (χ2v) is 8.12. The summed E-state index contributed by atoms with van der Waals surface area (Å²) in [5, 5.41) is 16.2. The maximum absolute atomic E-state index is 6.34. The Balaban J connectivity index is 1.37. The summed E-state index contributed by atoms with van der Waals surface area (Å²) in [6.07, 6.45) is 2.98. The number of hydrogen-bond acceptors (Lipinski definition) is 6. The molecule has 7 nitrogen and oxygen atoms in total. The fourth-order valence-corrected chi connectivity index (χ4v) is 4.45. The van der Waals surface area contributed by atoms with Crippen molar-refractivity contribution in [3.05, 3.63) is 58.1 Å². The van der Waals surface area contributed by atoms with Crippen LogP contribution in [0.1, 0.15) is 18.4 Å². The van der Waals surface area contributed by atoms with Crippen LogP contribution in [0.25, 0.3) is 5.69 Å². The van der Waals surface area contributed by atoms with E-state index in [0.717, 1.165) is 25.9 Å². The Bertz CT molecular complexity index is 1010. The summed E-state index contributed by atoms with van der Waals surface area (Å²) in [7, 11) is 0. The van der Waals surface area contributed by atoms with Gasteiger partial charge in [-0.25, -0.2) is 0 Å². The molecule has 2 bridgehead atoms. The number of benzene rings is 2. The fraction of sp³-hybridized carbons (Fsp3) is 0.350. The molecule has 2 unspecified atom stereocenters. The number of fused-ring (bicyclic) bond motifs is 2. The average molecular weight is 431 g/mol. The number of nitrogens with zero attached hydrogens (tertiary/aromatic N) is 5. The van der Waals surface area contributed by atoms with Gasteiger partial charge in [-0.2, -0.15) is 4.68 Å². The van der Waals surface area contributed by atoms with Gasteiger partial charge in [-0.3, -0.25) is 0 Å². The van der Waals surface area contributed by atoms with Crippen molar-refractivity contribution in [1.29, 1.82) is 0 Å². The first-order valence-electron chi connectivity index (χ1n) is 9.64. The highest BCUT2D eigenvalue weighted by molar-refractivity contribution is 6.43. The van der Waals surface area contributed by atoms with E-state index in [1.54, 1.807) is 10.7 Å². The lowest BCUT2D eigenvalue weighted by atomic mass is 10.1. The van der Waals surface area contributed by atoms with E-state index in [4.69, 9.17) is 27.9 Å². The van der Waals surface area contributed by atoms with E-state index in [2.05, 4.69) is 43.9 Å². The number of rotatable bonds is 5. The van der Waals surface area contributed by atoms with E-state index < -0.39 is 0 Å². The van der Waals surface area contributed by atoms with Gasteiger partial charge in [-0.1, -0.05) is 52.6 Å². The summed E-state index contributed by atoms with van der Waals surface area (Å²) >= 11 is 12.5. The van der Waals surface area contributed by atoms with Crippen molar-refractivity contribution in [2.45, 2.75) is 31.6 Å². The number of morpholine rings is 1. The molecule has 150 valence electrons. The van der Waals surface area contributed by atoms with Crippen LogP contribution in [0.5, 0.6) is 0 Å². The summed E-state index contributed by atoms with van der Waals surface area (Å²) in [5.41, 5.74) is 3.03. The number of anilines is 2. The molecule has 29 heavy (non-hydrogen) atoms. The van der Waals surface area contributed by atoms with E-state index >= 15 is 0 Å². The Morgan fingerprint density at radius 2 is 1.76 bits per heavy atom. The van der Waals surface area contributed by atoms with Gasteiger partial charge < -0.3 is 15.0 Å². The number of para-hydroxylation sites is 1. The fourth-order valence-electron chi connectivity index (χ4n) is 4.07. The van der Waals surface area contributed by atoms with Gasteiger partial charge in [-0.05, 0) is 47.0 Å². The summed E-state index contributed by atoms with van der Waals surface area (Å²) in [6, 6.07) is 13.8. The van der Waals surface area contributed by atoms with Crippen molar-refractivity contribution in [3.63, 3.8) is 0 Å². The van der Waals surface area contributed by atoms with Crippen LogP contribution in [0, 0.1) is 0 Å². The standard InChI is InChI=1S/C20H20Cl2N6O/c21-16-5-3-7-18(19(16)22)28-20(24-25-26-28)23-10-13-4-1-2-6-17(13)27-11-14-8-9-15(12-27)29-14/h1-7,14-15H,8-12H2,(H,23,24,26). The molecule has 3 aromatic rings. The molecule has 1 aromatic heterocycles. The molecule has 0 radical (unpaired) electrons. The summed E-state index contributed by atoms with van der Waals surface area (Å²) < 4.78 is 7.54. The molecule has 0 aliphatic carbocycles. The van der Waals surface area contributed by atoms with Crippen molar-refractivity contribution in [2.24, 2.45) is 0 Å². The van der Waals surface area contributed by atoms with Crippen LogP contribution in [0.4, 0.5) is 11.6 Å². The Labute approximate surface area is 178 Å². The lowest BCUT2D eigenvalue weighted by molar-refractivity contribution is 0.0304. The number of tetrazole rings is 1. The van der Waals surface area contributed by atoms with Crippen LogP contribution in [0.3, 0.4) is 0 Å². The lowest BCUT2D eigenvalue weighted by Crippen LogP contribution is -2.43. The Morgan fingerprint density at radius 1 is 1.00 bits per heavy atom. The van der Waals surface area contributed by atoms with Crippen LogP contribution in [0.2, 0.25) is 10.0 Å². The molecule has 0 spiro atoms. The van der Waals surface area contributed by atoms with Crippen LogP contribution in [0.15, 0.2) is 42.5 Å². The van der Waals surface area contributed by atoms with Crippen LogP contribution >= 0.6 is 23.2 Å². The maximum atomic E-state index is 6.34. The second kappa shape index (κ2) is 7.82. The van der Waals surface area contributed by atoms with Crippen molar-refractivity contribution in [1.82, 2.24) is 20.2 Å². The highest BCUT2D eigenvalue weighted by Crippen LogP contribution is 2.32. The maximum Gasteiger partial charge on any atom is 0.248 e. The summed E-state index contributed by atoms with van der Waals surface area (Å²) in [4.78, 5) is 2.43. The number of nitrogens with one attached hydrogen (secondary N) is 1. The predicted molar refractivity (Wildman–Crippen MR) is 113 cm³/mol. The lowest BCUT2D eigenvalue weighted by Gasteiger charge is -2.35. The SMILES string of the molecule is Clc1cccc(-n2nnnc2NCc2ccccc2N2CC3CCC(C2)O3)c1Cl. The average Bonchev–Trinajstić information content (AvgIpc) is 3.34. The minimum atomic E-state index is 0.340. The van der Waals surface area contributed by atoms with Gasteiger partial charge in [0.15, 0.2) is 0 Å². The van der Waals surface area contributed by atoms with E-state index in [1.165, 1.54) is 11.3 Å². The third-order valence-electron chi connectivity index (χ3n) is 5.44. The minimum Gasteiger partial charge on any atom is -0.371 e. The zero-order valence-electron chi connectivity index (χ0n) is 15.6. The number of halogens is 2. The Hall–Kier alpha value is -2.35. The summed E-state index contributed by atoms with van der Waals surface area (Å²) in [6.45, 7) is 2.45. The van der Waals surface area contributed by atoms with Crippen molar-refractivity contribution in [2.75, 3.05) is 23.3 Å². The highest BCUT2D eigenvalue weighted by atomic mass is 35.5. The molecule has 1 N–H and O–H groups in total. The molecule has 2 fully saturated rings. The molecule has 2 atom stereocenters. The van der Waals surface area contributed by atoms with Gasteiger partial charge in [0.25, 0.3) is 0 Å². The first-order valence-corrected chi connectivity index (χ1v) is 10.4. The van der Waals surface area contributed by atoms with Crippen LogP contribution in [-0.4, -0.2) is 45.5 Å². The minimum absolute atomic E-state index is 0.340. The second-order valence-electron chi connectivity index (χ2n) is 7.33. The molecular weight excluding hydrogens is 411 g/mol. The van der Waals surface area contributed by atoms with Crippen molar-refractivity contribution < 1.29 is 4.74 Å². The van der Waals surface area contributed by atoms with Crippen LogP contribution < -0.4 is 10.2 Å². The number of aromatic nitrogens is 4. The molecule has 2 saturated heterocycles. The monoisotopic (exact) mass is 430 g/mol. The molecule has 5 rings (SSSR count).